The molecular formula is C17H23N5O3. The SMILES string of the molecule is Cn1ccnc1C(=O)N1CCC(Cc2noc(C3CCOCC3)n2)C1. The molecule has 2 aromatic rings. The summed E-state index contributed by atoms with van der Waals surface area (Å²) in [4.78, 5) is 23.1. The minimum atomic E-state index is -0.00833. The number of carbonyl (C=O) groups is 1. The van der Waals surface area contributed by atoms with Gasteiger partial charge in [0.05, 0.1) is 0 Å². The largest absolute Gasteiger partial charge is 0.381 e. The Hall–Kier alpha value is -2.22. The van der Waals surface area contributed by atoms with Gasteiger partial charge in [0.25, 0.3) is 5.91 Å². The Morgan fingerprint density at radius 3 is 2.92 bits per heavy atom. The molecule has 0 radical (unpaired) electrons. The molecule has 0 spiro atoms. The van der Waals surface area contributed by atoms with Crippen LogP contribution in [0.3, 0.4) is 0 Å². The van der Waals surface area contributed by atoms with Crippen molar-refractivity contribution in [2.75, 3.05) is 26.3 Å². The highest BCUT2D eigenvalue weighted by Gasteiger charge is 2.30. The van der Waals surface area contributed by atoms with Crippen LogP contribution in [0.2, 0.25) is 0 Å². The van der Waals surface area contributed by atoms with Crippen molar-refractivity contribution < 1.29 is 14.1 Å². The van der Waals surface area contributed by atoms with Gasteiger partial charge in [-0.1, -0.05) is 5.16 Å². The molecule has 0 bridgehead atoms. The summed E-state index contributed by atoms with van der Waals surface area (Å²) in [6.45, 7) is 2.98. The van der Waals surface area contributed by atoms with Gasteiger partial charge < -0.3 is 18.7 Å². The highest BCUT2D eigenvalue weighted by Crippen LogP contribution is 2.26. The lowest BCUT2D eigenvalue weighted by atomic mass is 10.0. The van der Waals surface area contributed by atoms with E-state index >= 15 is 0 Å². The quantitative estimate of drug-likeness (QED) is 0.832. The molecule has 2 fully saturated rings. The van der Waals surface area contributed by atoms with E-state index in [0.717, 1.165) is 57.2 Å². The van der Waals surface area contributed by atoms with E-state index in [4.69, 9.17) is 9.26 Å². The van der Waals surface area contributed by atoms with Crippen molar-refractivity contribution in [3.63, 3.8) is 0 Å². The van der Waals surface area contributed by atoms with Crippen LogP contribution in [0.1, 0.15) is 47.5 Å². The number of carbonyl (C=O) groups excluding carboxylic acids is 1. The molecule has 0 saturated carbocycles. The predicted octanol–water partition coefficient (Wildman–Crippen LogP) is 1.40. The van der Waals surface area contributed by atoms with Crippen LogP contribution in [0, 0.1) is 5.92 Å². The standard InChI is InChI=1S/C17H23N5O3/c1-21-7-5-18-15(21)17(23)22-6-2-12(11-22)10-14-19-16(25-20-14)13-3-8-24-9-4-13/h5,7,12-13H,2-4,6,8-11H2,1H3. The first-order chi connectivity index (χ1) is 12.2. The summed E-state index contributed by atoms with van der Waals surface area (Å²) in [5.41, 5.74) is 0. The zero-order valence-corrected chi connectivity index (χ0v) is 14.4. The maximum Gasteiger partial charge on any atom is 0.289 e. The molecule has 1 amide bonds. The van der Waals surface area contributed by atoms with Crippen molar-refractivity contribution in [1.82, 2.24) is 24.6 Å². The first-order valence-corrected chi connectivity index (χ1v) is 8.87. The van der Waals surface area contributed by atoms with Crippen molar-refractivity contribution in [3.8, 4) is 0 Å². The number of ether oxygens (including phenoxy) is 1. The molecule has 0 aliphatic carbocycles. The molecule has 4 heterocycles. The first-order valence-electron chi connectivity index (χ1n) is 8.87. The molecule has 25 heavy (non-hydrogen) atoms. The number of amides is 1. The number of hydrogen-bond acceptors (Lipinski definition) is 6. The van der Waals surface area contributed by atoms with Gasteiger partial charge >= 0.3 is 0 Å². The molecule has 1 atom stereocenters. The zero-order valence-electron chi connectivity index (χ0n) is 14.4. The molecule has 0 aromatic carbocycles. The fourth-order valence-corrected chi connectivity index (χ4v) is 3.62. The summed E-state index contributed by atoms with van der Waals surface area (Å²) < 4.78 is 12.6. The van der Waals surface area contributed by atoms with E-state index in [9.17, 15) is 4.79 Å². The maximum absolute atomic E-state index is 12.5. The minimum absolute atomic E-state index is 0.00833. The van der Waals surface area contributed by atoms with Crippen LogP contribution in [-0.4, -0.2) is 56.8 Å². The van der Waals surface area contributed by atoms with Gasteiger partial charge in [0.15, 0.2) is 11.6 Å². The minimum Gasteiger partial charge on any atom is -0.381 e. The molecule has 2 aliphatic rings. The van der Waals surface area contributed by atoms with Gasteiger partial charge in [-0.15, -0.1) is 0 Å². The third kappa shape index (κ3) is 3.44. The van der Waals surface area contributed by atoms with Crippen molar-refractivity contribution >= 4 is 5.91 Å². The van der Waals surface area contributed by atoms with Gasteiger partial charge in [-0.3, -0.25) is 4.79 Å². The Labute approximate surface area is 146 Å². The Morgan fingerprint density at radius 1 is 1.32 bits per heavy atom. The van der Waals surface area contributed by atoms with Crippen LogP contribution in [-0.2, 0) is 18.2 Å². The second kappa shape index (κ2) is 6.95. The molecule has 4 rings (SSSR count). The molecule has 1 unspecified atom stereocenters. The lowest BCUT2D eigenvalue weighted by Crippen LogP contribution is -2.31. The number of rotatable bonds is 4. The van der Waals surface area contributed by atoms with E-state index in [1.54, 1.807) is 17.0 Å². The molecule has 2 aromatic heterocycles. The highest BCUT2D eigenvalue weighted by atomic mass is 16.5. The van der Waals surface area contributed by atoms with Crippen LogP contribution >= 0.6 is 0 Å². The summed E-state index contributed by atoms with van der Waals surface area (Å²) in [7, 11) is 1.84. The molecule has 2 aliphatic heterocycles. The summed E-state index contributed by atoms with van der Waals surface area (Å²) in [5.74, 6) is 2.65. The maximum atomic E-state index is 12.5. The van der Waals surface area contributed by atoms with Gasteiger partial charge in [-0.05, 0) is 25.2 Å². The van der Waals surface area contributed by atoms with E-state index in [1.807, 2.05) is 11.9 Å². The van der Waals surface area contributed by atoms with Gasteiger partial charge in [0, 0.05) is 58.1 Å². The van der Waals surface area contributed by atoms with E-state index in [2.05, 4.69) is 15.1 Å². The molecule has 134 valence electrons. The Bertz CT molecular complexity index is 734. The van der Waals surface area contributed by atoms with Crippen LogP contribution in [0.5, 0.6) is 0 Å². The first kappa shape index (κ1) is 16.3. The molecule has 0 N–H and O–H groups in total. The monoisotopic (exact) mass is 345 g/mol. The smallest absolute Gasteiger partial charge is 0.289 e. The van der Waals surface area contributed by atoms with Crippen LogP contribution in [0.4, 0.5) is 0 Å². The van der Waals surface area contributed by atoms with Gasteiger partial charge in [0.2, 0.25) is 5.89 Å². The summed E-state index contributed by atoms with van der Waals surface area (Å²) in [6.07, 6.45) is 7.03. The van der Waals surface area contributed by atoms with E-state index in [-0.39, 0.29) is 5.91 Å². The average molecular weight is 345 g/mol. The zero-order chi connectivity index (χ0) is 17.2. The molecule has 8 nitrogen and oxygen atoms in total. The predicted molar refractivity (Wildman–Crippen MR) is 88.0 cm³/mol. The Balaban J connectivity index is 1.34. The lowest BCUT2D eigenvalue weighted by molar-refractivity contribution is 0.0770. The third-order valence-corrected chi connectivity index (χ3v) is 5.11. The van der Waals surface area contributed by atoms with Crippen molar-refractivity contribution in [2.45, 2.75) is 31.6 Å². The fraction of sp³-hybridized carbons (Fsp3) is 0.647. The van der Waals surface area contributed by atoms with Crippen molar-refractivity contribution in [3.05, 3.63) is 29.9 Å². The topological polar surface area (TPSA) is 86.3 Å². The fourth-order valence-electron chi connectivity index (χ4n) is 3.62. The number of nitrogens with zero attached hydrogens (tertiary/aromatic N) is 5. The normalized spacial score (nSPS) is 21.8. The van der Waals surface area contributed by atoms with Crippen molar-refractivity contribution in [2.24, 2.45) is 13.0 Å². The van der Waals surface area contributed by atoms with Crippen molar-refractivity contribution in [1.29, 1.82) is 0 Å². The van der Waals surface area contributed by atoms with Crippen LogP contribution in [0.15, 0.2) is 16.9 Å². The lowest BCUT2D eigenvalue weighted by Gasteiger charge is -2.18. The summed E-state index contributed by atoms with van der Waals surface area (Å²) in [6, 6.07) is 0. The highest BCUT2D eigenvalue weighted by molar-refractivity contribution is 5.91. The number of aromatic nitrogens is 4. The second-order valence-electron chi connectivity index (χ2n) is 6.91. The summed E-state index contributed by atoms with van der Waals surface area (Å²) >= 11 is 0. The van der Waals surface area contributed by atoms with Gasteiger partial charge in [-0.2, -0.15) is 4.98 Å². The van der Waals surface area contributed by atoms with Gasteiger partial charge in [-0.25, -0.2) is 4.98 Å². The average Bonchev–Trinajstić information content (AvgIpc) is 3.37. The van der Waals surface area contributed by atoms with E-state index < -0.39 is 0 Å². The summed E-state index contributed by atoms with van der Waals surface area (Å²) in [5, 5.41) is 4.14. The Morgan fingerprint density at radius 2 is 2.16 bits per heavy atom. The third-order valence-electron chi connectivity index (χ3n) is 5.11. The van der Waals surface area contributed by atoms with E-state index in [0.29, 0.717) is 24.2 Å². The van der Waals surface area contributed by atoms with Crippen LogP contribution in [0.25, 0.3) is 0 Å². The number of aryl methyl sites for hydroxylation is 1. The molecular weight excluding hydrogens is 322 g/mol. The number of likely N-dealkylation sites (tertiary alicyclic amines) is 1. The van der Waals surface area contributed by atoms with Gasteiger partial charge in [0.1, 0.15) is 0 Å². The number of hydrogen-bond donors (Lipinski definition) is 0. The Kier molecular flexibility index (Phi) is 4.52. The second-order valence-corrected chi connectivity index (χ2v) is 6.91. The number of imidazole rings is 1. The van der Waals surface area contributed by atoms with Crippen LogP contribution < -0.4 is 0 Å². The van der Waals surface area contributed by atoms with E-state index in [1.165, 1.54) is 0 Å². The molecule has 2 saturated heterocycles. The molecule has 8 heteroatoms.